The number of carbonyl (C=O) groups is 3. The SMILES string of the molecule is CC(C)N(CCSc1ccc(Cl)cc1)C(=O)NCCN(C)C.O=C(O)/C=C/C(=O)O. The molecule has 8 nitrogen and oxygen atoms in total. The molecule has 0 aliphatic carbocycles. The van der Waals surface area contributed by atoms with Gasteiger partial charge in [-0.2, -0.15) is 0 Å². The number of nitrogens with one attached hydrogen (secondary N) is 1. The van der Waals surface area contributed by atoms with Crippen LogP contribution in [0.5, 0.6) is 0 Å². The number of carboxylic acids is 2. The number of carbonyl (C=O) groups excluding carboxylic acids is 1. The molecule has 0 spiro atoms. The minimum atomic E-state index is -1.26. The molecule has 2 amide bonds. The van der Waals surface area contributed by atoms with Crippen molar-refractivity contribution in [1.82, 2.24) is 15.1 Å². The Morgan fingerprint density at radius 2 is 1.60 bits per heavy atom. The largest absolute Gasteiger partial charge is 0.478 e. The van der Waals surface area contributed by atoms with Crippen LogP contribution in [0.2, 0.25) is 5.02 Å². The van der Waals surface area contributed by atoms with Crippen LogP contribution in [0, 0.1) is 0 Å². The highest BCUT2D eigenvalue weighted by atomic mass is 35.5. The number of thioether (sulfide) groups is 1. The van der Waals surface area contributed by atoms with Crippen LogP contribution in [0.1, 0.15) is 13.8 Å². The summed E-state index contributed by atoms with van der Waals surface area (Å²) in [7, 11) is 3.99. The van der Waals surface area contributed by atoms with Gasteiger partial charge in [0.2, 0.25) is 0 Å². The number of hydrogen-bond acceptors (Lipinski definition) is 5. The van der Waals surface area contributed by atoms with Gasteiger partial charge in [0.15, 0.2) is 0 Å². The quantitative estimate of drug-likeness (QED) is 0.364. The fourth-order valence-electron chi connectivity index (χ4n) is 2.02. The van der Waals surface area contributed by atoms with Crippen molar-refractivity contribution in [2.75, 3.05) is 39.5 Å². The first-order valence-electron chi connectivity index (χ1n) is 9.24. The minimum absolute atomic E-state index is 0.00792. The Hall–Kier alpha value is -2.23. The molecule has 1 aromatic carbocycles. The van der Waals surface area contributed by atoms with Crippen molar-refractivity contribution >= 4 is 41.3 Å². The van der Waals surface area contributed by atoms with Crippen LogP contribution in [0.4, 0.5) is 4.79 Å². The van der Waals surface area contributed by atoms with Crippen molar-refractivity contribution in [1.29, 1.82) is 0 Å². The van der Waals surface area contributed by atoms with Gasteiger partial charge in [-0.3, -0.25) is 0 Å². The second-order valence-electron chi connectivity index (χ2n) is 6.63. The summed E-state index contributed by atoms with van der Waals surface area (Å²) < 4.78 is 0. The molecule has 0 unspecified atom stereocenters. The predicted molar refractivity (Wildman–Crippen MR) is 120 cm³/mol. The molecule has 30 heavy (non-hydrogen) atoms. The van der Waals surface area contributed by atoms with Crippen LogP contribution < -0.4 is 5.32 Å². The van der Waals surface area contributed by atoms with Gasteiger partial charge in [-0.05, 0) is 52.2 Å². The third-order valence-corrected chi connectivity index (χ3v) is 4.75. The van der Waals surface area contributed by atoms with Gasteiger partial charge in [0, 0.05) is 53.5 Å². The molecule has 0 aliphatic rings. The number of aliphatic carboxylic acids is 2. The number of rotatable bonds is 10. The van der Waals surface area contributed by atoms with Gasteiger partial charge in [0.25, 0.3) is 0 Å². The summed E-state index contributed by atoms with van der Waals surface area (Å²) in [5.41, 5.74) is 0. The second-order valence-corrected chi connectivity index (χ2v) is 8.24. The molecule has 3 N–H and O–H groups in total. The number of carboxylic acid groups (broad SMARTS) is 2. The molecule has 0 atom stereocenters. The molecule has 10 heteroatoms. The first kappa shape index (κ1) is 27.8. The Balaban J connectivity index is 0.000000890. The maximum Gasteiger partial charge on any atom is 0.328 e. The maximum atomic E-state index is 12.2. The number of amides is 2. The lowest BCUT2D eigenvalue weighted by atomic mass is 10.3. The first-order valence-corrected chi connectivity index (χ1v) is 10.6. The Bertz CT molecular complexity index is 680. The number of urea groups is 1. The van der Waals surface area contributed by atoms with E-state index in [2.05, 4.69) is 10.2 Å². The Kier molecular flexibility index (Phi) is 14.4. The number of halogens is 1. The highest BCUT2D eigenvalue weighted by Crippen LogP contribution is 2.20. The van der Waals surface area contributed by atoms with E-state index < -0.39 is 11.9 Å². The monoisotopic (exact) mass is 459 g/mol. The normalized spacial score (nSPS) is 10.6. The molecule has 0 saturated heterocycles. The molecule has 168 valence electrons. The van der Waals surface area contributed by atoms with Crippen molar-refractivity contribution in [3.05, 3.63) is 41.4 Å². The zero-order chi connectivity index (χ0) is 23.1. The first-order chi connectivity index (χ1) is 14.0. The Morgan fingerprint density at radius 1 is 1.07 bits per heavy atom. The van der Waals surface area contributed by atoms with Crippen molar-refractivity contribution in [3.63, 3.8) is 0 Å². The predicted octanol–water partition coefficient (Wildman–Crippen LogP) is 3.13. The minimum Gasteiger partial charge on any atom is -0.478 e. The molecular weight excluding hydrogens is 430 g/mol. The van der Waals surface area contributed by atoms with Gasteiger partial charge in [-0.15, -0.1) is 11.8 Å². The molecule has 0 saturated carbocycles. The molecule has 0 fully saturated rings. The average Bonchev–Trinajstić information content (AvgIpc) is 2.64. The molecule has 0 aromatic heterocycles. The van der Waals surface area contributed by atoms with Crippen molar-refractivity contribution in [3.8, 4) is 0 Å². The van der Waals surface area contributed by atoms with E-state index in [-0.39, 0.29) is 12.1 Å². The average molecular weight is 460 g/mol. The van der Waals surface area contributed by atoms with Gasteiger partial charge >= 0.3 is 18.0 Å². The topological polar surface area (TPSA) is 110 Å². The lowest BCUT2D eigenvalue weighted by Gasteiger charge is -2.27. The number of benzene rings is 1. The maximum absolute atomic E-state index is 12.2. The fourth-order valence-corrected chi connectivity index (χ4v) is 3.00. The van der Waals surface area contributed by atoms with Crippen LogP contribution >= 0.6 is 23.4 Å². The highest BCUT2D eigenvalue weighted by molar-refractivity contribution is 7.99. The summed E-state index contributed by atoms with van der Waals surface area (Å²) in [6.45, 7) is 6.31. The molecule has 1 rings (SSSR count). The summed E-state index contributed by atoms with van der Waals surface area (Å²) >= 11 is 7.61. The van der Waals surface area contributed by atoms with E-state index in [9.17, 15) is 14.4 Å². The molecule has 0 bridgehead atoms. The summed E-state index contributed by atoms with van der Waals surface area (Å²) in [6, 6.07) is 7.97. The van der Waals surface area contributed by atoms with E-state index in [0.29, 0.717) is 18.7 Å². The summed E-state index contributed by atoms with van der Waals surface area (Å²) in [4.78, 5) is 36.4. The van der Waals surface area contributed by atoms with E-state index in [0.717, 1.165) is 23.9 Å². The summed E-state index contributed by atoms with van der Waals surface area (Å²) in [6.07, 6.45) is 1.12. The zero-order valence-corrected chi connectivity index (χ0v) is 19.2. The molecule has 0 radical (unpaired) electrons. The van der Waals surface area contributed by atoms with Crippen molar-refractivity contribution < 1.29 is 24.6 Å². The lowest BCUT2D eigenvalue weighted by molar-refractivity contribution is -0.134. The van der Waals surface area contributed by atoms with E-state index in [1.54, 1.807) is 11.8 Å². The van der Waals surface area contributed by atoms with Crippen LogP contribution in [0.25, 0.3) is 0 Å². The van der Waals surface area contributed by atoms with Gasteiger partial charge in [0.05, 0.1) is 0 Å². The standard InChI is InChI=1S/C16H26ClN3OS.C4H4O4/c1-13(2)20(16(21)18-9-10-19(3)4)11-12-22-15-7-5-14(17)6-8-15;5-3(6)1-2-4(7)8/h5-8,13H,9-12H2,1-4H3,(H,18,21);1-2H,(H,5,6)(H,7,8)/b;2-1+. The molecule has 0 heterocycles. The van der Waals surface area contributed by atoms with Crippen molar-refractivity contribution in [2.45, 2.75) is 24.8 Å². The molecule has 0 aliphatic heterocycles. The van der Waals surface area contributed by atoms with Gasteiger partial charge in [-0.25, -0.2) is 14.4 Å². The lowest BCUT2D eigenvalue weighted by Crippen LogP contribution is -2.46. The van der Waals surface area contributed by atoms with E-state index in [4.69, 9.17) is 21.8 Å². The van der Waals surface area contributed by atoms with Crippen LogP contribution in [0.3, 0.4) is 0 Å². The number of likely N-dealkylation sites (N-methyl/N-ethyl adjacent to an activating group) is 1. The molecule has 1 aromatic rings. The second kappa shape index (κ2) is 15.6. The van der Waals surface area contributed by atoms with Gasteiger partial charge in [-0.1, -0.05) is 11.6 Å². The van der Waals surface area contributed by atoms with Gasteiger partial charge in [0.1, 0.15) is 0 Å². The third kappa shape index (κ3) is 14.7. The highest BCUT2D eigenvalue weighted by Gasteiger charge is 2.16. The Labute approximate surface area is 186 Å². The van der Waals surface area contributed by atoms with Crippen LogP contribution in [0.15, 0.2) is 41.3 Å². The van der Waals surface area contributed by atoms with E-state index >= 15 is 0 Å². The van der Waals surface area contributed by atoms with Crippen LogP contribution in [-0.4, -0.2) is 83.5 Å². The molecular formula is C20H30ClN3O5S. The summed E-state index contributed by atoms with van der Waals surface area (Å²) in [5, 5.41) is 19.3. The van der Waals surface area contributed by atoms with Crippen LogP contribution in [-0.2, 0) is 9.59 Å². The van der Waals surface area contributed by atoms with Gasteiger partial charge < -0.3 is 25.3 Å². The Morgan fingerprint density at radius 3 is 2.03 bits per heavy atom. The summed E-state index contributed by atoms with van der Waals surface area (Å²) in [5.74, 6) is -1.65. The zero-order valence-electron chi connectivity index (χ0n) is 17.7. The van der Waals surface area contributed by atoms with E-state index in [1.165, 1.54) is 4.90 Å². The van der Waals surface area contributed by atoms with Crippen molar-refractivity contribution in [2.24, 2.45) is 0 Å². The third-order valence-electron chi connectivity index (χ3n) is 3.50. The number of hydrogen-bond donors (Lipinski definition) is 3. The van der Waals surface area contributed by atoms with E-state index in [1.807, 2.05) is 57.1 Å². The fraction of sp³-hybridized carbons (Fsp3) is 0.450. The smallest absolute Gasteiger partial charge is 0.328 e. The number of nitrogens with zero attached hydrogens (tertiary/aromatic N) is 2.